The van der Waals surface area contributed by atoms with Gasteiger partial charge in [0.05, 0.1) is 16.2 Å². The summed E-state index contributed by atoms with van der Waals surface area (Å²) < 4.78 is 5.50. The molecule has 2 aromatic rings. The maximum atomic E-state index is 11.0. The fraction of sp³-hybridized carbons (Fsp3) is 0.231. The van der Waals surface area contributed by atoms with Gasteiger partial charge in [-0.15, -0.1) is 0 Å². The first-order valence-corrected chi connectivity index (χ1v) is 6.21. The average Bonchev–Trinajstić information content (AvgIpc) is 2.39. The van der Waals surface area contributed by atoms with Crippen LogP contribution in [0, 0.1) is 24.0 Å². The molecule has 6 nitrogen and oxygen atoms in total. The van der Waals surface area contributed by atoms with Gasteiger partial charge in [0.25, 0.3) is 5.69 Å². The van der Waals surface area contributed by atoms with Crippen LogP contribution in [0.3, 0.4) is 0 Å². The number of aryl methyl sites for hydroxylation is 1. The highest BCUT2D eigenvalue weighted by molar-refractivity contribution is 6.30. The molecule has 7 heteroatoms. The summed E-state index contributed by atoms with van der Waals surface area (Å²) in [4.78, 5) is 18.7. The molecule has 0 aliphatic rings. The Balaban J connectivity index is 2.25. The van der Waals surface area contributed by atoms with E-state index >= 15 is 0 Å². The average molecular weight is 294 g/mol. The van der Waals surface area contributed by atoms with Crippen molar-refractivity contribution < 1.29 is 9.66 Å². The van der Waals surface area contributed by atoms with E-state index in [1.807, 2.05) is 0 Å². The van der Waals surface area contributed by atoms with Gasteiger partial charge in [0.1, 0.15) is 6.61 Å². The molecular formula is C13H12ClN3O3. The molecule has 0 atom stereocenters. The molecule has 0 N–H and O–H groups in total. The lowest BCUT2D eigenvalue weighted by Gasteiger charge is -2.09. The Bertz CT molecular complexity index is 661. The van der Waals surface area contributed by atoms with Crippen molar-refractivity contribution in [2.45, 2.75) is 20.5 Å². The quantitative estimate of drug-likeness (QED) is 0.491. The van der Waals surface area contributed by atoms with Crippen molar-refractivity contribution in [3.8, 4) is 5.75 Å². The molecule has 0 spiro atoms. The maximum Gasteiger partial charge on any atom is 0.278 e. The molecule has 0 aromatic carbocycles. The highest BCUT2D eigenvalue weighted by atomic mass is 35.5. The summed E-state index contributed by atoms with van der Waals surface area (Å²) in [6, 6.07) is 3.37. The SMILES string of the molecule is Cc1cnc(COc2cccnc2Cl)c(C)c1[N+](=O)[O-]. The molecule has 0 saturated carbocycles. The molecule has 2 heterocycles. The molecule has 0 unspecified atom stereocenters. The predicted molar refractivity (Wildman–Crippen MR) is 73.9 cm³/mol. The van der Waals surface area contributed by atoms with Crippen molar-refractivity contribution in [3.63, 3.8) is 0 Å². The predicted octanol–water partition coefficient (Wildman–Crippen LogP) is 3.23. The zero-order chi connectivity index (χ0) is 14.7. The first-order chi connectivity index (χ1) is 9.50. The molecular weight excluding hydrogens is 282 g/mol. The van der Waals surface area contributed by atoms with E-state index in [1.165, 1.54) is 6.20 Å². The zero-order valence-electron chi connectivity index (χ0n) is 11.0. The lowest BCUT2D eigenvalue weighted by molar-refractivity contribution is -0.386. The molecule has 0 aliphatic heterocycles. The largest absolute Gasteiger partial charge is 0.484 e. The first kappa shape index (κ1) is 14.2. The summed E-state index contributed by atoms with van der Waals surface area (Å²) in [5, 5.41) is 11.3. The van der Waals surface area contributed by atoms with Crippen LogP contribution in [-0.4, -0.2) is 14.9 Å². The van der Waals surface area contributed by atoms with E-state index < -0.39 is 4.92 Å². The highest BCUT2D eigenvalue weighted by Gasteiger charge is 2.19. The summed E-state index contributed by atoms with van der Waals surface area (Å²) in [6.07, 6.45) is 3.02. The summed E-state index contributed by atoms with van der Waals surface area (Å²) in [7, 11) is 0. The highest BCUT2D eigenvalue weighted by Crippen LogP contribution is 2.26. The summed E-state index contributed by atoms with van der Waals surface area (Å²) >= 11 is 5.87. The number of halogens is 1. The smallest absolute Gasteiger partial charge is 0.278 e. The van der Waals surface area contributed by atoms with Crippen LogP contribution in [0.15, 0.2) is 24.5 Å². The number of hydrogen-bond donors (Lipinski definition) is 0. The van der Waals surface area contributed by atoms with E-state index in [0.717, 1.165) is 0 Å². The maximum absolute atomic E-state index is 11.0. The van der Waals surface area contributed by atoms with Gasteiger partial charge in [0.15, 0.2) is 10.9 Å². The van der Waals surface area contributed by atoms with E-state index in [-0.39, 0.29) is 17.4 Å². The molecule has 0 aliphatic carbocycles. The van der Waals surface area contributed by atoms with E-state index in [4.69, 9.17) is 16.3 Å². The summed E-state index contributed by atoms with van der Waals surface area (Å²) in [5.74, 6) is 0.415. The topological polar surface area (TPSA) is 78.2 Å². The van der Waals surface area contributed by atoms with Crippen molar-refractivity contribution in [3.05, 3.63) is 56.6 Å². The third-order valence-electron chi connectivity index (χ3n) is 2.85. The number of nitro groups is 1. The molecule has 0 amide bonds. The molecule has 20 heavy (non-hydrogen) atoms. The third-order valence-corrected chi connectivity index (χ3v) is 3.13. The normalized spacial score (nSPS) is 10.3. The van der Waals surface area contributed by atoms with Gasteiger partial charge in [-0.3, -0.25) is 15.1 Å². The van der Waals surface area contributed by atoms with Crippen molar-refractivity contribution in [2.75, 3.05) is 0 Å². The number of pyridine rings is 2. The standard InChI is InChI=1S/C13H12ClN3O3/c1-8-6-16-10(9(2)12(8)17(18)19)7-20-11-4-3-5-15-13(11)14/h3-6H,7H2,1-2H3. The lowest BCUT2D eigenvalue weighted by Crippen LogP contribution is -2.05. The minimum Gasteiger partial charge on any atom is -0.484 e. The molecule has 0 radical (unpaired) electrons. The van der Waals surface area contributed by atoms with Gasteiger partial charge in [-0.2, -0.15) is 0 Å². The Morgan fingerprint density at radius 3 is 2.80 bits per heavy atom. The van der Waals surface area contributed by atoms with Crippen LogP contribution in [0.2, 0.25) is 5.15 Å². The minimum absolute atomic E-state index is 0.0656. The van der Waals surface area contributed by atoms with Gasteiger partial charge in [0.2, 0.25) is 0 Å². The molecule has 2 aromatic heterocycles. The van der Waals surface area contributed by atoms with Crippen molar-refractivity contribution in [1.29, 1.82) is 0 Å². The molecule has 104 valence electrons. The fourth-order valence-corrected chi connectivity index (χ4v) is 1.99. The van der Waals surface area contributed by atoms with Gasteiger partial charge in [-0.05, 0) is 26.0 Å². The second kappa shape index (κ2) is 5.83. The first-order valence-electron chi connectivity index (χ1n) is 5.83. The number of aromatic nitrogens is 2. The molecule has 0 saturated heterocycles. The number of nitrogens with zero attached hydrogens (tertiary/aromatic N) is 3. The minimum atomic E-state index is -0.410. The lowest BCUT2D eigenvalue weighted by atomic mass is 10.1. The second-order valence-corrected chi connectivity index (χ2v) is 4.56. The van der Waals surface area contributed by atoms with E-state index in [1.54, 1.807) is 32.2 Å². The fourth-order valence-electron chi connectivity index (χ4n) is 1.82. The van der Waals surface area contributed by atoms with Gasteiger partial charge in [-0.25, -0.2) is 4.98 Å². The molecule has 2 rings (SSSR count). The van der Waals surface area contributed by atoms with Crippen molar-refractivity contribution in [2.24, 2.45) is 0 Å². The second-order valence-electron chi connectivity index (χ2n) is 4.20. The van der Waals surface area contributed by atoms with Crippen LogP contribution in [0.25, 0.3) is 0 Å². The Hall–Kier alpha value is -2.21. The van der Waals surface area contributed by atoms with Crippen LogP contribution in [0.1, 0.15) is 16.8 Å². The van der Waals surface area contributed by atoms with Crippen molar-refractivity contribution >= 4 is 17.3 Å². The van der Waals surface area contributed by atoms with Crippen LogP contribution in [0.4, 0.5) is 5.69 Å². The van der Waals surface area contributed by atoms with Crippen LogP contribution in [0.5, 0.6) is 5.75 Å². The van der Waals surface area contributed by atoms with Gasteiger partial charge in [0, 0.05) is 18.0 Å². The van der Waals surface area contributed by atoms with E-state index in [0.29, 0.717) is 22.6 Å². The number of rotatable bonds is 4. The van der Waals surface area contributed by atoms with Crippen LogP contribution >= 0.6 is 11.6 Å². The Kier molecular flexibility index (Phi) is 4.14. The summed E-state index contributed by atoms with van der Waals surface area (Å²) in [5.41, 5.74) is 1.59. The Morgan fingerprint density at radius 1 is 1.40 bits per heavy atom. The number of ether oxygens (including phenoxy) is 1. The molecule has 0 fully saturated rings. The van der Waals surface area contributed by atoms with Gasteiger partial charge >= 0.3 is 0 Å². The zero-order valence-corrected chi connectivity index (χ0v) is 11.7. The monoisotopic (exact) mass is 293 g/mol. The van der Waals surface area contributed by atoms with Crippen molar-refractivity contribution in [1.82, 2.24) is 9.97 Å². The van der Waals surface area contributed by atoms with Crippen LogP contribution in [-0.2, 0) is 6.61 Å². The van der Waals surface area contributed by atoms with E-state index in [2.05, 4.69) is 9.97 Å². The number of hydrogen-bond acceptors (Lipinski definition) is 5. The molecule has 0 bridgehead atoms. The Morgan fingerprint density at radius 2 is 2.15 bits per heavy atom. The van der Waals surface area contributed by atoms with Gasteiger partial charge < -0.3 is 4.74 Å². The van der Waals surface area contributed by atoms with Gasteiger partial charge in [-0.1, -0.05) is 11.6 Å². The third kappa shape index (κ3) is 2.85. The van der Waals surface area contributed by atoms with Crippen LogP contribution < -0.4 is 4.74 Å². The van der Waals surface area contributed by atoms with E-state index in [9.17, 15) is 10.1 Å². The summed E-state index contributed by atoms with van der Waals surface area (Å²) in [6.45, 7) is 3.40. The Labute approximate surface area is 120 Å².